The molecule has 0 bridgehead atoms. The summed E-state index contributed by atoms with van der Waals surface area (Å²) in [7, 11) is -3.76. The quantitative estimate of drug-likeness (QED) is 0.892. The Kier molecular flexibility index (Phi) is 4.33. The number of rotatable bonds is 5. The number of carboxylic acid groups (broad SMARTS) is 1. The van der Waals surface area contributed by atoms with Crippen LogP contribution in [0.2, 0.25) is 0 Å². The second-order valence-electron chi connectivity index (χ2n) is 5.04. The molecule has 21 heavy (non-hydrogen) atoms. The first-order valence-electron chi connectivity index (χ1n) is 6.32. The monoisotopic (exact) mass is 323 g/mol. The van der Waals surface area contributed by atoms with Gasteiger partial charge in [0.2, 0.25) is 16.4 Å². The molecule has 0 unspecified atom stereocenters. The van der Waals surface area contributed by atoms with Gasteiger partial charge in [0.15, 0.2) is 0 Å². The Bertz CT molecular complexity index is 591. The average Bonchev–Trinajstić information content (AvgIpc) is 2.92. The highest BCUT2D eigenvalue weighted by molar-refractivity contribution is 7.89. The largest absolute Gasteiger partial charge is 0.481 e. The summed E-state index contributed by atoms with van der Waals surface area (Å²) in [6.45, 7) is -0.209. The van der Waals surface area contributed by atoms with Crippen LogP contribution in [0, 0.1) is 5.41 Å². The van der Waals surface area contributed by atoms with Crippen LogP contribution in [0.15, 0.2) is 27.9 Å². The third-order valence-electron chi connectivity index (χ3n) is 3.81. The summed E-state index contributed by atoms with van der Waals surface area (Å²) in [6, 6.07) is 1.29. The molecule has 0 radical (unpaired) electrons. The van der Waals surface area contributed by atoms with Crippen molar-refractivity contribution < 1.29 is 31.5 Å². The molecule has 0 amide bonds. The number of hydrogen-bond acceptors (Lipinski definition) is 4. The molecule has 0 aromatic carbocycles. The molecular formula is C12H15F2NO5S. The van der Waals surface area contributed by atoms with Gasteiger partial charge in [0.25, 0.3) is 0 Å². The maximum absolute atomic E-state index is 12.6. The summed E-state index contributed by atoms with van der Waals surface area (Å²) in [5.74, 6) is -1.30. The SMILES string of the molecule is O=C(O)C1(CC(F)F)CCN(S(=O)(=O)c2ccoc2)CC1. The Morgan fingerprint density at radius 2 is 2.05 bits per heavy atom. The molecule has 0 atom stereocenters. The molecule has 1 fully saturated rings. The summed E-state index contributed by atoms with van der Waals surface area (Å²) in [6.07, 6.45) is -1.48. The number of alkyl halides is 2. The summed E-state index contributed by atoms with van der Waals surface area (Å²) < 4.78 is 55.4. The number of hydrogen-bond donors (Lipinski definition) is 1. The molecule has 0 saturated carbocycles. The minimum absolute atomic E-state index is 0.0285. The van der Waals surface area contributed by atoms with Gasteiger partial charge in [-0.15, -0.1) is 0 Å². The summed E-state index contributed by atoms with van der Waals surface area (Å²) in [4.78, 5) is 11.3. The number of aliphatic carboxylic acids is 1. The number of carboxylic acids is 1. The first-order valence-corrected chi connectivity index (χ1v) is 7.76. The van der Waals surface area contributed by atoms with E-state index in [4.69, 9.17) is 4.42 Å². The number of piperidine rings is 1. The summed E-state index contributed by atoms with van der Waals surface area (Å²) in [5, 5.41) is 9.19. The molecule has 1 N–H and O–H groups in total. The highest BCUT2D eigenvalue weighted by atomic mass is 32.2. The van der Waals surface area contributed by atoms with Crippen molar-refractivity contribution in [3.8, 4) is 0 Å². The van der Waals surface area contributed by atoms with Gasteiger partial charge in [-0.1, -0.05) is 0 Å². The molecule has 1 aromatic heterocycles. The fourth-order valence-corrected chi connectivity index (χ4v) is 3.87. The minimum atomic E-state index is -3.76. The fourth-order valence-electron chi connectivity index (χ4n) is 2.50. The van der Waals surface area contributed by atoms with E-state index in [9.17, 15) is 27.1 Å². The van der Waals surface area contributed by atoms with E-state index in [1.54, 1.807) is 0 Å². The van der Waals surface area contributed by atoms with Crippen LogP contribution in [0.3, 0.4) is 0 Å². The average molecular weight is 323 g/mol. The highest BCUT2D eigenvalue weighted by Gasteiger charge is 2.45. The van der Waals surface area contributed by atoms with Gasteiger partial charge in [-0.3, -0.25) is 4.79 Å². The molecule has 0 spiro atoms. The van der Waals surface area contributed by atoms with Crippen molar-refractivity contribution in [1.29, 1.82) is 0 Å². The van der Waals surface area contributed by atoms with Gasteiger partial charge in [0.1, 0.15) is 11.2 Å². The van der Waals surface area contributed by atoms with E-state index in [2.05, 4.69) is 0 Å². The maximum Gasteiger partial charge on any atom is 0.309 e. The number of carbonyl (C=O) groups is 1. The van der Waals surface area contributed by atoms with Gasteiger partial charge < -0.3 is 9.52 Å². The Morgan fingerprint density at radius 1 is 1.43 bits per heavy atom. The van der Waals surface area contributed by atoms with Crippen LogP contribution in [0.5, 0.6) is 0 Å². The minimum Gasteiger partial charge on any atom is -0.481 e. The van der Waals surface area contributed by atoms with Gasteiger partial charge in [-0.2, -0.15) is 4.31 Å². The molecule has 9 heteroatoms. The van der Waals surface area contributed by atoms with Crippen LogP contribution in [0.1, 0.15) is 19.3 Å². The predicted molar refractivity (Wildman–Crippen MR) is 67.4 cm³/mol. The lowest BCUT2D eigenvalue weighted by atomic mass is 9.76. The van der Waals surface area contributed by atoms with Crippen molar-refractivity contribution in [2.75, 3.05) is 13.1 Å². The van der Waals surface area contributed by atoms with Crippen molar-refractivity contribution in [3.63, 3.8) is 0 Å². The number of nitrogens with zero attached hydrogens (tertiary/aromatic N) is 1. The van der Waals surface area contributed by atoms with E-state index in [-0.39, 0.29) is 30.8 Å². The Labute approximate surface area is 120 Å². The molecule has 1 aliphatic heterocycles. The van der Waals surface area contributed by atoms with E-state index in [0.717, 1.165) is 10.6 Å². The number of halogens is 2. The topological polar surface area (TPSA) is 87.8 Å². The highest BCUT2D eigenvalue weighted by Crippen LogP contribution is 2.39. The lowest BCUT2D eigenvalue weighted by Gasteiger charge is -2.37. The lowest BCUT2D eigenvalue weighted by Crippen LogP contribution is -2.47. The van der Waals surface area contributed by atoms with Gasteiger partial charge >= 0.3 is 5.97 Å². The molecule has 2 heterocycles. The van der Waals surface area contributed by atoms with Crippen LogP contribution in [-0.2, 0) is 14.8 Å². The first kappa shape index (κ1) is 15.9. The van der Waals surface area contributed by atoms with Crippen molar-refractivity contribution in [2.24, 2.45) is 5.41 Å². The van der Waals surface area contributed by atoms with Gasteiger partial charge in [-0.05, 0) is 18.9 Å². The van der Waals surface area contributed by atoms with Crippen LogP contribution < -0.4 is 0 Å². The summed E-state index contributed by atoms with van der Waals surface area (Å²) in [5.41, 5.74) is -1.56. The zero-order chi connectivity index (χ0) is 15.7. The zero-order valence-electron chi connectivity index (χ0n) is 11.0. The van der Waals surface area contributed by atoms with E-state index >= 15 is 0 Å². The second kappa shape index (κ2) is 5.72. The zero-order valence-corrected chi connectivity index (χ0v) is 11.9. The Hall–Kier alpha value is -1.48. The van der Waals surface area contributed by atoms with E-state index < -0.39 is 34.3 Å². The van der Waals surface area contributed by atoms with Crippen molar-refractivity contribution >= 4 is 16.0 Å². The van der Waals surface area contributed by atoms with Crippen molar-refractivity contribution in [1.82, 2.24) is 4.31 Å². The third-order valence-corrected chi connectivity index (χ3v) is 5.68. The van der Waals surface area contributed by atoms with Crippen molar-refractivity contribution in [2.45, 2.75) is 30.6 Å². The van der Waals surface area contributed by atoms with Gasteiger partial charge in [0.05, 0.1) is 11.7 Å². The first-order chi connectivity index (χ1) is 9.78. The molecule has 2 rings (SSSR count). The molecule has 118 valence electrons. The fraction of sp³-hybridized carbons (Fsp3) is 0.583. The van der Waals surface area contributed by atoms with Crippen LogP contribution >= 0.6 is 0 Å². The Balaban J connectivity index is 2.14. The standard InChI is InChI=1S/C12H15F2NO5S/c13-10(14)7-12(11(16)17)2-4-15(5-3-12)21(18,19)9-1-6-20-8-9/h1,6,8,10H,2-5,7H2,(H,16,17). The van der Waals surface area contributed by atoms with Crippen molar-refractivity contribution in [3.05, 3.63) is 18.6 Å². The van der Waals surface area contributed by atoms with E-state index in [0.29, 0.717) is 0 Å². The molecular weight excluding hydrogens is 308 g/mol. The molecule has 6 nitrogen and oxygen atoms in total. The molecule has 1 saturated heterocycles. The number of sulfonamides is 1. The van der Waals surface area contributed by atoms with E-state index in [1.807, 2.05) is 0 Å². The second-order valence-corrected chi connectivity index (χ2v) is 6.98. The Morgan fingerprint density at radius 3 is 2.48 bits per heavy atom. The molecule has 1 aliphatic rings. The smallest absolute Gasteiger partial charge is 0.309 e. The van der Waals surface area contributed by atoms with E-state index in [1.165, 1.54) is 12.3 Å². The van der Waals surface area contributed by atoms with Crippen LogP contribution in [0.25, 0.3) is 0 Å². The maximum atomic E-state index is 12.6. The summed E-state index contributed by atoms with van der Waals surface area (Å²) >= 11 is 0. The van der Waals surface area contributed by atoms with Gasteiger partial charge in [0, 0.05) is 19.5 Å². The normalized spacial score (nSPS) is 19.8. The predicted octanol–water partition coefficient (Wildman–Crippen LogP) is 1.79. The lowest BCUT2D eigenvalue weighted by molar-refractivity contribution is -0.154. The number of furan rings is 1. The van der Waals surface area contributed by atoms with Crippen LogP contribution in [0.4, 0.5) is 8.78 Å². The van der Waals surface area contributed by atoms with Crippen LogP contribution in [-0.4, -0.2) is 43.3 Å². The third kappa shape index (κ3) is 3.08. The molecule has 0 aliphatic carbocycles. The molecule has 1 aromatic rings. The van der Waals surface area contributed by atoms with Gasteiger partial charge in [-0.25, -0.2) is 17.2 Å².